The molecule has 1 N–H and O–H groups in total. The molecular formula is C30H31ClN2O3. The molecule has 3 aromatic carbocycles. The molecule has 186 valence electrons. The molecule has 5 rings (SSSR count). The van der Waals surface area contributed by atoms with Gasteiger partial charge in [-0.3, -0.25) is 4.79 Å². The van der Waals surface area contributed by atoms with Gasteiger partial charge in [0.2, 0.25) is 5.91 Å². The van der Waals surface area contributed by atoms with Gasteiger partial charge in [0.25, 0.3) is 0 Å². The number of hydrogen-bond donors (Lipinski definition) is 1. The molecule has 1 amide bonds. The molecular weight excluding hydrogens is 472 g/mol. The fraction of sp³-hybridized carbons (Fsp3) is 0.300. The fourth-order valence-electron chi connectivity index (χ4n) is 5.32. The quantitative estimate of drug-likeness (QED) is 0.409. The second-order valence-electron chi connectivity index (χ2n) is 9.71. The third-order valence-corrected chi connectivity index (χ3v) is 7.63. The molecule has 5 nitrogen and oxygen atoms in total. The van der Waals surface area contributed by atoms with E-state index in [4.69, 9.17) is 21.1 Å². The highest BCUT2D eigenvalue weighted by atomic mass is 35.5. The molecule has 0 bridgehead atoms. The monoisotopic (exact) mass is 502 g/mol. The number of carbonyl (C=O) groups excluding carboxylic acids is 1. The summed E-state index contributed by atoms with van der Waals surface area (Å²) in [5.74, 6) is 1.39. The van der Waals surface area contributed by atoms with E-state index in [1.54, 1.807) is 0 Å². The lowest BCUT2D eigenvalue weighted by Gasteiger charge is -2.49. The Hall–Kier alpha value is -3.44. The summed E-state index contributed by atoms with van der Waals surface area (Å²) in [6.45, 7) is 7.89. The third-order valence-electron chi connectivity index (χ3n) is 7.26. The number of anilines is 1. The zero-order valence-corrected chi connectivity index (χ0v) is 21.6. The van der Waals surface area contributed by atoms with Gasteiger partial charge in [0.15, 0.2) is 11.5 Å². The molecule has 2 aliphatic rings. The van der Waals surface area contributed by atoms with Crippen molar-refractivity contribution in [3.8, 4) is 11.5 Å². The van der Waals surface area contributed by atoms with Crippen molar-refractivity contribution in [3.63, 3.8) is 0 Å². The predicted molar refractivity (Wildman–Crippen MR) is 145 cm³/mol. The number of carbonyl (C=O) groups is 1. The van der Waals surface area contributed by atoms with Gasteiger partial charge in [0.05, 0.1) is 6.61 Å². The smallest absolute Gasteiger partial charge is 0.223 e. The van der Waals surface area contributed by atoms with E-state index in [9.17, 15) is 4.79 Å². The van der Waals surface area contributed by atoms with Crippen LogP contribution in [0.1, 0.15) is 43.9 Å². The molecule has 0 aliphatic carbocycles. The maximum absolute atomic E-state index is 12.6. The fourth-order valence-corrected chi connectivity index (χ4v) is 5.51. The van der Waals surface area contributed by atoms with Gasteiger partial charge in [0, 0.05) is 34.7 Å². The number of ether oxygens (including phenoxy) is 2. The Morgan fingerprint density at radius 3 is 2.61 bits per heavy atom. The van der Waals surface area contributed by atoms with Crippen LogP contribution in [-0.4, -0.2) is 24.7 Å². The number of fused-ring (bicyclic) bond motifs is 3. The first-order chi connectivity index (χ1) is 17.4. The summed E-state index contributed by atoms with van der Waals surface area (Å²) in [6, 6.07) is 22.0. The lowest BCUT2D eigenvalue weighted by Crippen LogP contribution is -2.68. The van der Waals surface area contributed by atoms with Gasteiger partial charge in [-0.1, -0.05) is 74.0 Å². The predicted octanol–water partition coefficient (Wildman–Crippen LogP) is 6.34. The molecule has 0 saturated carbocycles. The Labute approximate surface area is 217 Å². The van der Waals surface area contributed by atoms with Crippen LogP contribution < -0.4 is 19.7 Å². The van der Waals surface area contributed by atoms with Crippen molar-refractivity contribution in [1.82, 2.24) is 5.32 Å². The van der Waals surface area contributed by atoms with E-state index in [2.05, 4.69) is 60.5 Å². The molecule has 36 heavy (non-hydrogen) atoms. The minimum absolute atomic E-state index is 0.0649. The number of nitrogens with one attached hydrogen (secondary N) is 1. The van der Waals surface area contributed by atoms with Crippen LogP contribution in [-0.2, 0) is 16.8 Å². The third kappa shape index (κ3) is 4.11. The Bertz CT molecular complexity index is 1320. The largest absolute Gasteiger partial charge is 0.490 e. The second-order valence-corrected chi connectivity index (χ2v) is 10.1. The number of halogens is 1. The summed E-state index contributed by atoms with van der Waals surface area (Å²) >= 11 is 6.29. The minimum Gasteiger partial charge on any atom is -0.490 e. The van der Waals surface area contributed by atoms with E-state index >= 15 is 0 Å². The van der Waals surface area contributed by atoms with Crippen LogP contribution in [0.4, 0.5) is 5.69 Å². The van der Waals surface area contributed by atoms with Gasteiger partial charge < -0.3 is 19.7 Å². The van der Waals surface area contributed by atoms with E-state index in [0.29, 0.717) is 42.7 Å². The summed E-state index contributed by atoms with van der Waals surface area (Å²) < 4.78 is 12.0. The first kappa shape index (κ1) is 24.3. The van der Waals surface area contributed by atoms with E-state index < -0.39 is 5.66 Å². The van der Waals surface area contributed by atoms with Gasteiger partial charge >= 0.3 is 0 Å². The average Bonchev–Trinajstić information content (AvgIpc) is 3.06. The number of hydrogen-bond acceptors (Lipinski definition) is 4. The molecule has 0 spiro atoms. The first-order valence-corrected chi connectivity index (χ1v) is 12.7. The molecule has 2 heterocycles. The average molecular weight is 503 g/mol. The summed E-state index contributed by atoms with van der Waals surface area (Å²) in [6.07, 6.45) is 4.66. The van der Waals surface area contributed by atoms with Crippen molar-refractivity contribution in [2.45, 2.75) is 44.9 Å². The Kier molecular flexibility index (Phi) is 6.44. The van der Waals surface area contributed by atoms with E-state index in [1.807, 2.05) is 49.4 Å². The molecule has 0 aromatic heterocycles. The van der Waals surface area contributed by atoms with Gasteiger partial charge in [-0.15, -0.1) is 0 Å². The Morgan fingerprint density at radius 2 is 1.81 bits per heavy atom. The standard InChI is InChI=1S/C30H31ClN2O3/c1-4-35-27-19-21(13-14-26(27)36-20-22-9-5-7-11-24(22)31)15-17-30-29(2,3)23-10-6-8-12-25(23)33(30)18-16-28(34)32-30/h5-15,17,19H,4,16,18,20H2,1-3H3,(H,32,34)/b17-15+. The van der Waals surface area contributed by atoms with E-state index in [1.165, 1.54) is 11.3 Å². The lowest BCUT2D eigenvalue weighted by atomic mass is 9.74. The van der Waals surface area contributed by atoms with Crippen molar-refractivity contribution in [2.75, 3.05) is 18.1 Å². The molecule has 1 fully saturated rings. The number of para-hydroxylation sites is 1. The van der Waals surface area contributed by atoms with Crippen LogP contribution >= 0.6 is 11.6 Å². The molecule has 0 radical (unpaired) electrons. The first-order valence-electron chi connectivity index (χ1n) is 12.4. The normalized spacial score (nSPS) is 20.1. The molecule has 2 aliphatic heterocycles. The van der Waals surface area contributed by atoms with Crippen molar-refractivity contribution < 1.29 is 14.3 Å². The van der Waals surface area contributed by atoms with E-state index in [0.717, 1.165) is 11.1 Å². The van der Waals surface area contributed by atoms with Gasteiger partial charge in [-0.05, 0) is 48.4 Å². The highest BCUT2D eigenvalue weighted by Crippen LogP contribution is 2.52. The van der Waals surface area contributed by atoms with E-state index in [-0.39, 0.29) is 11.3 Å². The Morgan fingerprint density at radius 1 is 1.03 bits per heavy atom. The number of nitrogens with zero attached hydrogens (tertiary/aromatic N) is 1. The number of amides is 1. The van der Waals surface area contributed by atoms with Crippen molar-refractivity contribution in [2.24, 2.45) is 0 Å². The highest BCUT2D eigenvalue weighted by molar-refractivity contribution is 6.31. The van der Waals surface area contributed by atoms with Crippen LogP contribution in [0, 0.1) is 0 Å². The van der Waals surface area contributed by atoms with Crippen molar-refractivity contribution in [1.29, 1.82) is 0 Å². The summed E-state index contributed by atoms with van der Waals surface area (Å²) in [7, 11) is 0. The zero-order valence-electron chi connectivity index (χ0n) is 20.9. The maximum atomic E-state index is 12.6. The van der Waals surface area contributed by atoms with Crippen LogP contribution in [0.3, 0.4) is 0 Å². The SMILES string of the molecule is CCOc1cc(/C=C/C23NC(=O)CCN2c2ccccc2C3(C)C)ccc1OCc1ccccc1Cl. The lowest BCUT2D eigenvalue weighted by molar-refractivity contribution is -0.124. The molecule has 1 unspecified atom stereocenters. The summed E-state index contributed by atoms with van der Waals surface area (Å²) in [5, 5.41) is 4.00. The van der Waals surface area contributed by atoms with Crippen molar-refractivity contribution in [3.05, 3.63) is 94.5 Å². The summed E-state index contributed by atoms with van der Waals surface area (Å²) in [5.41, 5.74) is 3.31. The number of benzene rings is 3. The maximum Gasteiger partial charge on any atom is 0.223 e. The van der Waals surface area contributed by atoms with Crippen LogP contribution in [0.15, 0.2) is 72.8 Å². The topological polar surface area (TPSA) is 50.8 Å². The van der Waals surface area contributed by atoms with Crippen LogP contribution in [0.2, 0.25) is 5.02 Å². The Balaban J connectivity index is 1.45. The molecule has 1 saturated heterocycles. The van der Waals surface area contributed by atoms with Gasteiger partial charge in [0.1, 0.15) is 12.3 Å². The minimum atomic E-state index is -0.656. The molecule has 1 atom stereocenters. The summed E-state index contributed by atoms with van der Waals surface area (Å²) in [4.78, 5) is 15.0. The van der Waals surface area contributed by atoms with Crippen LogP contribution in [0.5, 0.6) is 11.5 Å². The number of rotatable bonds is 7. The highest BCUT2D eigenvalue weighted by Gasteiger charge is 2.57. The van der Waals surface area contributed by atoms with Crippen molar-refractivity contribution >= 4 is 29.3 Å². The van der Waals surface area contributed by atoms with Crippen LogP contribution in [0.25, 0.3) is 6.08 Å². The molecule has 6 heteroatoms. The second kappa shape index (κ2) is 9.55. The van der Waals surface area contributed by atoms with Gasteiger partial charge in [-0.25, -0.2) is 0 Å². The van der Waals surface area contributed by atoms with Gasteiger partial charge in [-0.2, -0.15) is 0 Å². The zero-order chi connectivity index (χ0) is 25.3. The molecule has 3 aromatic rings.